The molecule has 21 heavy (non-hydrogen) atoms. The van der Waals surface area contributed by atoms with Gasteiger partial charge in [0.2, 0.25) is 5.91 Å². The van der Waals surface area contributed by atoms with E-state index < -0.39 is 0 Å². The number of benzene rings is 1. The van der Waals surface area contributed by atoms with Crippen molar-refractivity contribution in [2.75, 3.05) is 20.2 Å². The van der Waals surface area contributed by atoms with Crippen LogP contribution in [-0.2, 0) is 11.3 Å². The average molecular weight is 294 g/mol. The van der Waals surface area contributed by atoms with E-state index in [1.54, 1.807) is 13.0 Å². The molecule has 116 valence electrons. The average Bonchev–Trinajstić information content (AvgIpc) is 2.46. The van der Waals surface area contributed by atoms with Crippen LogP contribution in [0.5, 0.6) is 5.75 Å². The summed E-state index contributed by atoms with van der Waals surface area (Å²) < 4.78 is 18.5. The molecule has 1 saturated heterocycles. The number of ether oxygens (including phenoxy) is 1. The molecule has 1 fully saturated rings. The first-order chi connectivity index (χ1) is 10.0. The quantitative estimate of drug-likeness (QED) is 0.925. The van der Waals surface area contributed by atoms with Crippen LogP contribution in [0.15, 0.2) is 18.2 Å². The van der Waals surface area contributed by atoms with Crippen LogP contribution in [0.2, 0.25) is 0 Å². The van der Waals surface area contributed by atoms with Crippen molar-refractivity contribution in [3.8, 4) is 5.75 Å². The molecule has 0 radical (unpaired) electrons. The van der Waals surface area contributed by atoms with Crippen molar-refractivity contribution < 1.29 is 13.9 Å². The zero-order valence-corrected chi connectivity index (χ0v) is 12.9. The molecule has 0 aromatic heterocycles. The molecular formula is C16H23FN2O2. The number of rotatable bonds is 4. The number of carbonyl (C=O) groups excluding carboxylic acids is 1. The SMILES string of the molecule is COc1ccc(CN[C@@H]2CCN(C(C)=O)C[C@H]2C)cc1F. The van der Waals surface area contributed by atoms with Crippen molar-refractivity contribution in [1.82, 2.24) is 10.2 Å². The van der Waals surface area contributed by atoms with E-state index in [0.29, 0.717) is 18.5 Å². The van der Waals surface area contributed by atoms with Crippen LogP contribution in [0.25, 0.3) is 0 Å². The maximum atomic E-state index is 13.6. The Morgan fingerprint density at radius 3 is 2.86 bits per heavy atom. The molecule has 0 spiro atoms. The molecule has 1 aromatic rings. The van der Waals surface area contributed by atoms with E-state index in [0.717, 1.165) is 25.1 Å². The molecule has 1 aromatic carbocycles. The Hall–Kier alpha value is -1.62. The molecule has 2 atom stereocenters. The fourth-order valence-electron chi connectivity index (χ4n) is 2.80. The summed E-state index contributed by atoms with van der Waals surface area (Å²) in [5, 5.41) is 3.47. The maximum absolute atomic E-state index is 13.6. The number of halogens is 1. The van der Waals surface area contributed by atoms with Crippen LogP contribution in [0, 0.1) is 11.7 Å². The summed E-state index contributed by atoms with van der Waals surface area (Å²) in [7, 11) is 1.46. The second-order valence-electron chi connectivity index (χ2n) is 5.69. The monoisotopic (exact) mass is 294 g/mol. The van der Waals surface area contributed by atoms with Crippen molar-refractivity contribution in [2.45, 2.75) is 32.9 Å². The highest BCUT2D eigenvalue weighted by atomic mass is 19.1. The summed E-state index contributed by atoms with van der Waals surface area (Å²) in [6.45, 7) is 5.94. The Bertz CT molecular complexity index is 507. The lowest BCUT2D eigenvalue weighted by atomic mass is 9.93. The third-order valence-corrected chi connectivity index (χ3v) is 4.14. The predicted molar refractivity (Wildman–Crippen MR) is 79.6 cm³/mol. The molecule has 1 aliphatic heterocycles. The maximum Gasteiger partial charge on any atom is 0.219 e. The first-order valence-corrected chi connectivity index (χ1v) is 7.32. The van der Waals surface area contributed by atoms with Gasteiger partial charge in [-0.2, -0.15) is 0 Å². The van der Waals surface area contributed by atoms with E-state index >= 15 is 0 Å². The second kappa shape index (κ2) is 6.89. The van der Waals surface area contributed by atoms with Crippen molar-refractivity contribution in [2.24, 2.45) is 5.92 Å². The fourth-order valence-corrected chi connectivity index (χ4v) is 2.80. The Labute approximate surface area is 125 Å². The van der Waals surface area contributed by atoms with Gasteiger partial charge in [0.25, 0.3) is 0 Å². The van der Waals surface area contributed by atoms with E-state index in [2.05, 4.69) is 12.2 Å². The molecule has 0 unspecified atom stereocenters. The Kier molecular flexibility index (Phi) is 5.17. The highest BCUT2D eigenvalue weighted by Gasteiger charge is 2.26. The molecule has 1 N–H and O–H groups in total. The van der Waals surface area contributed by atoms with Gasteiger partial charge in [0.05, 0.1) is 7.11 Å². The van der Waals surface area contributed by atoms with Crippen molar-refractivity contribution >= 4 is 5.91 Å². The van der Waals surface area contributed by atoms with Gasteiger partial charge in [-0.1, -0.05) is 13.0 Å². The third-order valence-electron chi connectivity index (χ3n) is 4.14. The number of methoxy groups -OCH3 is 1. The zero-order chi connectivity index (χ0) is 15.4. The summed E-state index contributed by atoms with van der Waals surface area (Å²) in [6.07, 6.45) is 0.930. The molecule has 0 bridgehead atoms. The number of hydrogen-bond donors (Lipinski definition) is 1. The highest BCUT2D eigenvalue weighted by Crippen LogP contribution is 2.20. The summed E-state index contributed by atoms with van der Waals surface area (Å²) in [6, 6.07) is 5.37. The molecule has 0 aliphatic carbocycles. The van der Waals surface area contributed by atoms with Gasteiger partial charge in [-0.25, -0.2) is 4.39 Å². The van der Waals surface area contributed by atoms with E-state index in [1.165, 1.54) is 13.2 Å². The van der Waals surface area contributed by atoms with Crippen molar-refractivity contribution in [1.29, 1.82) is 0 Å². The van der Waals surface area contributed by atoms with E-state index in [4.69, 9.17) is 4.74 Å². The smallest absolute Gasteiger partial charge is 0.219 e. The number of nitrogens with zero attached hydrogens (tertiary/aromatic N) is 1. The van der Waals surface area contributed by atoms with Crippen LogP contribution in [0.3, 0.4) is 0 Å². The normalized spacial score (nSPS) is 22.2. The first-order valence-electron chi connectivity index (χ1n) is 7.32. The van der Waals surface area contributed by atoms with Crippen molar-refractivity contribution in [3.05, 3.63) is 29.6 Å². The van der Waals surface area contributed by atoms with E-state index in [-0.39, 0.29) is 17.5 Å². The van der Waals surface area contributed by atoms with Gasteiger partial charge in [-0.3, -0.25) is 4.79 Å². The summed E-state index contributed by atoms with van der Waals surface area (Å²) >= 11 is 0. The number of likely N-dealkylation sites (tertiary alicyclic amines) is 1. The number of hydrogen-bond acceptors (Lipinski definition) is 3. The Morgan fingerprint density at radius 2 is 2.29 bits per heavy atom. The minimum Gasteiger partial charge on any atom is -0.494 e. The fraction of sp³-hybridized carbons (Fsp3) is 0.562. The molecule has 0 saturated carbocycles. The lowest BCUT2D eigenvalue weighted by Crippen LogP contribution is -2.49. The Balaban J connectivity index is 1.89. The third kappa shape index (κ3) is 3.94. The number of piperidine rings is 1. The largest absolute Gasteiger partial charge is 0.494 e. The minimum atomic E-state index is -0.337. The number of nitrogens with one attached hydrogen (secondary N) is 1. The van der Waals surface area contributed by atoms with Crippen LogP contribution in [0.1, 0.15) is 25.8 Å². The number of carbonyl (C=O) groups is 1. The first kappa shape index (κ1) is 15.8. The van der Waals surface area contributed by atoms with Gasteiger partial charge >= 0.3 is 0 Å². The Morgan fingerprint density at radius 1 is 1.52 bits per heavy atom. The van der Waals surface area contributed by atoms with Gasteiger partial charge in [-0.15, -0.1) is 0 Å². The van der Waals surface area contributed by atoms with Crippen LogP contribution >= 0.6 is 0 Å². The molecule has 4 nitrogen and oxygen atoms in total. The van der Waals surface area contributed by atoms with Crippen LogP contribution < -0.4 is 10.1 Å². The second-order valence-corrected chi connectivity index (χ2v) is 5.69. The van der Waals surface area contributed by atoms with Gasteiger partial charge in [0, 0.05) is 32.6 Å². The molecule has 1 aliphatic rings. The predicted octanol–water partition coefficient (Wildman–Crippen LogP) is 2.18. The zero-order valence-electron chi connectivity index (χ0n) is 12.9. The van der Waals surface area contributed by atoms with Crippen LogP contribution in [0.4, 0.5) is 4.39 Å². The van der Waals surface area contributed by atoms with Gasteiger partial charge in [-0.05, 0) is 30.0 Å². The lowest BCUT2D eigenvalue weighted by Gasteiger charge is -2.37. The summed E-state index contributed by atoms with van der Waals surface area (Å²) in [4.78, 5) is 13.3. The highest BCUT2D eigenvalue weighted by molar-refractivity contribution is 5.73. The molecule has 2 rings (SSSR count). The van der Waals surface area contributed by atoms with E-state index in [9.17, 15) is 9.18 Å². The van der Waals surface area contributed by atoms with E-state index in [1.807, 2.05) is 11.0 Å². The minimum absolute atomic E-state index is 0.137. The van der Waals surface area contributed by atoms with Gasteiger partial charge in [0.1, 0.15) is 0 Å². The summed E-state index contributed by atoms with van der Waals surface area (Å²) in [5.41, 5.74) is 0.898. The van der Waals surface area contributed by atoms with Gasteiger partial charge < -0.3 is 15.0 Å². The standard InChI is InChI=1S/C16H23FN2O2/c1-11-10-19(12(2)20)7-6-15(11)18-9-13-4-5-16(21-3)14(17)8-13/h4-5,8,11,15,18H,6-7,9-10H2,1-3H3/t11-,15-/m1/s1. The molecule has 5 heteroatoms. The molecule has 1 heterocycles. The van der Waals surface area contributed by atoms with Gasteiger partial charge in [0.15, 0.2) is 11.6 Å². The van der Waals surface area contributed by atoms with Crippen LogP contribution in [-0.4, -0.2) is 37.0 Å². The topological polar surface area (TPSA) is 41.6 Å². The molecule has 1 amide bonds. The van der Waals surface area contributed by atoms with Crippen molar-refractivity contribution in [3.63, 3.8) is 0 Å². The lowest BCUT2D eigenvalue weighted by molar-refractivity contribution is -0.130. The molecular weight excluding hydrogens is 271 g/mol. The number of amides is 1. The summed E-state index contributed by atoms with van der Waals surface area (Å²) in [5.74, 6) is 0.460.